The third-order valence-corrected chi connectivity index (χ3v) is 5.95. The summed E-state index contributed by atoms with van der Waals surface area (Å²) in [5.41, 5.74) is 0.349. The van der Waals surface area contributed by atoms with Crippen molar-refractivity contribution in [3.05, 3.63) is 29.8 Å². The molecule has 0 unspecified atom stereocenters. The van der Waals surface area contributed by atoms with E-state index < -0.39 is 11.9 Å². The van der Waals surface area contributed by atoms with Crippen LogP contribution in [0, 0.1) is 11.8 Å². The summed E-state index contributed by atoms with van der Waals surface area (Å²) in [6.45, 7) is 1.38. The van der Waals surface area contributed by atoms with Crippen LogP contribution in [0.25, 0.3) is 0 Å². The number of carboxylic acids is 1. The standard InChI is InChI=1S/C23H28O8/c1-14(24)29-18-10-4-16(5-11-18)22(27)31-20-12-6-17(7-13-20)23(28)30-19-8-2-15(3-9-19)21(25)26/h6-7,12-13,15-16,18-19H,2-5,8-11H2,1H3,(H,25,26). The van der Waals surface area contributed by atoms with Crippen LogP contribution in [-0.4, -0.2) is 41.2 Å². The molecule has 1 aromatic carbocycles. The lowest BCUT2D eigenvalue weighted by Gasteiger charge is -2.26. The summed E-state index contributed by atoms with van der Waals surface area (Å²) >= 11 is 0. The second kappa shape index (κ2) is 10.4. The predicted molar refractivity (Wildman–Crippen MR) is 108 cm³/mol. The third-order valence-electron chi connectivity index (χ3n) is 5.95. The monoisotopic (exact) mass is 432 g/mol. The first-order chi connectivity index (χ1) is 14.8. The maximum absolute atomic E-state index is 12.4. The topological polar surface area (TPSA) is 116 Å². The maximum Gasteiger partial charge on any atom is 0.338 e. The van der Waals surface area contributed by atoms with Crippen LogP contribution >= 0.6 is 0 Å². The molecular formula is C23H28O8. The summed E-state index contributed by atoms with van der Waals surface area (Å²) in [7, 11) is 0. The molecule has 8 heteroatoms. The number of rotatable bonds is 6. The number of carbonyl (C=O) groups excluding carboxylic acids is 3. The van der Waals surface area contributed by atoms with E-state index in [0.717, 1.165) is 0 Å². The van der Waals surface area contributed by atoms with E-state index in [1.165, 1.54) is 6.92 Å². The Labute approximate surface area is 180 Å². The van der Waals surface area contributed by atoms with Gasteiger partial charge >= 0.3 is 23.9 Å². The summed E-state index contributed by atoms with van der Waals surface area (Å²) in [6, 6.07) is 6.21. The highest BCUT2D eigenvalue weighted by Crippen LogP contribution is 2.29. The second-order valence-electron chi connectivity index (χ2n) is 8.25. The van der Waals surface area contributed by atoms with Crippen LogP contribution in [0.15, 0.2) is 24.3 Å². The normalized spacial score (nSPS) is 25.8. The third kappa shape index (κ3) is 6.54. The molecule has 168 valence electrons. The molecule has 0 amide bonds. The highest BCUT2D eigenvalue weighted by atomic mass is 16.5. The molecule has 0 aromatic heterocycles. The zero-order valence-electron chi connectivity index (χ0n) is 17.6. The quantitative estimate of drug-likeness (QED) is 0.536. The molecular weight excluding hydrogens is 404 g/mol. The molecule has 2 saturated carbocycles. The lowest BCUT2D eigenvalue weighted by Crippen LogP contribution is -2.29. The van der Waals surface area contributed by atoms with Crippen molar-refractivity contribution in [1.82, 2.24) is 0 Å². The lowest BCUT2D eigenvalue weighted by atomic mass is 9.87. The van der Waals surface area contributed by atoms with Crippen LogP contribution in [0.5, 0.6) is 5.75 Å². The number of benzene rings is 1. The van der Waals surface area contributed by atoms with Crippen molar-refractivity contribution >= 4 is 23.9 Å². The van der Waals surface area contributed by atoms with Gasteiger partial charge < -0.3 is 19.3 Å². The molecule has 31 heavy (non-hydrogen) atoms. The van der Waals surface area contributed by atoms with E-state index in [2.05, 4.69) is 0 Å². The van der Waals surface area contributed by atoms with Gasteiger partial charge in [0, 0.05) is 6.92 Å². The number of carboxylic acid groups (broad SMARTS) is 1. The summed E-state index contributed by atoms with van der Waals surface area (Å²) in [6.07, 6.45) is 4.16. The first kappa shape index (κ1) is 22.8. The Morgan fingerprint density at radius 3 is 1.81 bits per heavy atom. The molecule has 1 N–H and O–H groups in total. The number of esters is 3. The second-order valence-corrected chi connectivity index (χ2v) is 8.25. The van der Waals surface area contributed by atoms with Gasteiger partial charge in [0.1, 0.15) is 18.0 Å². The van der Waals surface area contributed by atoms with E-state index >= 15 is 0 Å². The van der Waals surface area contributed by atoms with Crippen LogP contribution in [0.2, 0.25) is 0 Å². The van der Waals surface area contributed by atoms with Crippen LogP contribution < -0.4 is 4.74 Å². The fourth-order valence-corrected chi connectivity index (χ4v) is 4.16. The Balaban J connectivity index is 1.44. The number of hydrogen-bond donors (Lipinski definition) is 1. The SMILES string of the molecule is CC(=O)OC1CCC(C(=O)Oc2ccc(C(=O)OC3CCC(C(=O)O)CC3)cc2)CC1. The Kier molecular flexibility index (Phi) is 7.65. The number of carbonyl (C=O) groups is 4. The smallest absolute Gasteiger partial charge is 0.338 e. The molecule has 0 atom stereocenters. The maximum atomic E-state index is 12.4. The fourth-order valence-electron chi connectivity index (χ4n) is 4.16. The van der Waals surface area contributed by atoms with Gasteiger partial charge in [-0.3, -0.25) is 14.4 Å². The minimum Gasteiger partial charge on any atom is -0.481 e. The summed E-state index contributed by atoms with van der Waals surface area (Å²) in [4.78, 5) is 46.8. The van der Waals surface area contributed by atoms with Gasteiger partial charge in [0.2, 0.25) is 0 Å². The molecule has 3 rings (SSSR count). The Morgan fingerprint density at radius 1 is 0.774 bits per heavy atom. The van der Waals surface area contributed by atoms with Gasteiger partial charge in [0.05, 0.1) is 17.4 Å². The van der Waals surface area contributed by atoms with Crippen molar-refractivity contribution in [2.45, 2.75) is 70.5 Å². The van der Waals surface area contributed by atoms with Crippen LogP contribution in [0.1, 0.15) is 68.6 Å². The van der Waals surface area contributed by atoms with Crippen LogP contribution in [-0.2, 0) is 23.9 Å². The van der Waals surface area contributed by atoms with Gasteiger partial charge in [-0.1, -0.05) is 0 Å². The zero-order chi connectivity index (χ0) is 22.4. The number of ether oxygens (including phenoxy) is 3. The molecule has 0 bridgehead atoms. The van der Waals surface area contributed by atoms with E-state index in [-0.39, 0.29) is 36.0 Å². The predicted octanol–water partition coefficient (Wildman–Crippen LogP) is 3.51. The molecule has 2 fully saturated rings. The molecule has 2 aliphatic rings. The Hall–Kier alpha value is -2.90. The van der Waals surface area contributed by atoms with Gasteiger partial charge in [0.25, 0.3) is 0 Å². The van der Waals surface area contributed by atoms with E-state index in [1.54, 1.807) is 24.3 Å². The molecule has 8 nitrogen and oxygen atoms in total. The molecule has 0 radical (unpaired) electrons. The van der Waals surface area contributed by atoms with Crippen molar-refractivity contribution in [3.8, 4) is 5.75 Å². The lowest BCUT2D eigenvalue weighted by molar-refractivity contribution is -0.149. The first-order valence-electron chi connectivity index (χ1n) is 10.7. The van der Waals surface area contributed by atoms with Gasteiger partial charge in [-0.15, -0.1) is 0 Å². The number of hydrogen-bond acceptors (Lipinski definition) is 7. The summed E-state index contributed by atoms with van der Waals surface area (Å²) in [5.74, 6) is -2.15. The van der Waals surface area contributed by atoms with Crippen molar-refractivity contribution in [2.75, 3.05) is 0 Å². The molecule has 0 spiro atoms. The van der Waals surface area contributed by atoms with Gasteiger partial charge in [-0.2, -0.15) is 0 Å². The molecule has 0 aliphatic heterocycles. The molecule has 0 heterocycles. The minimum atomic E-state index is -0.799. The van der Waals surface area contributed by atoms with Crippen molar-refractivity contribution in [3.63, 3.8) is 0 Å². The van der Waals surface area contributed by atoms with Gasteiger partial charge in [0.15, 0.2) is 0 Å². The highest BCUT2D eigenvalue weighted by Gasteiger charge is 2.30. The zero-order valence-corrected chi connectivity index (χ0v) is 17.6. The van der Waals surface area contributed by atoms with E-state index in [0.29, 0.717) is 62.7 Å². The first-order valence-corrected chi connectivity index (χ1v) is 10.7. The van der Waals surface area contributed by atoms with E-state index in [4.69, 9.17) is 19.3 Å². The average molecular weight is 432 g/mol. The molecule has 2 aliphatic carbocycles. The molecule has 0 saturated heterocycles. The largest absolute Gasteiger partial charge is 0.481 e. The van der Waals surface area contributed by atoms with Gasteiger partial charge in [-0.25, -0.2) is 4.79 Å². The van der Waals surface area contributed by atoms with E-state index in [1.807, 2.05) is 0 Å². The van der Waals surface area contributed by atoms with Crippen molar-refractivity contribution in [1.29, 1.82) is 0 Å². The average Bonchev–Trinajstić information content (AvgIpc) is 2.74. The van der Waals surface area contributed by atoms with Crippen molar-refractivity contribution in [2.24, 2.45) is 11.8 Å². The van der Waals surface area contributed by atoms with Crippen LogP contribution in [0.4, 0.5) is 0 Å². The Bertz CT molecular complexity index is 799. The Morgan fingerprint density at radius 2 is 1.29 bits per heavy atom. The van der Waals surface area contributed by atoms with E-state index in [9.17, 15) is 19.2 Å². The minimum absolute atomic E-state index is 0.133. The number of aliphatic carboxylic acids is 1. The highest BCUT2D eigenvalue weighted by molar-refractivity contribution is 5.89. The summed E-state index contributed by atoms with van der Waals surface area (Å²) in [5, 5.41) is 9.04. The summed E-state index contributed by atoms with van der Waals surface area (Å²) < 4.78 is 16.1. The van der Waals surface area contributed by atoms with Gasteiger partial charge in [-0.05, 0) is 75.6 Å². The van der Waals surface area contributed by atoms with Crippen LogP contribution in [0.3, 0.4) is 0 Å². The fraction of sp³-hybridized carbons (Fsp3) is 0.565. The van der Waals surface area contributed by atoms with Crippen molar-refractivity contribution < 1.29 is 38.5 Å². The molecule has 1 aromatic rings.